The first-order valence-electron chi connectivity index (χ1n) is 8.52. The number of methoxy groups -OCH3 is 1. The van der Waals surface area contributed by atoms with Crippen molar-refractivity contribution in [3.8, 4) is 0 Å². The number of carbonyl (C=O) groups is 2. The summed E-state index contributed by atoms with van der Waals surface area (Å²) in [6, 6.07) is 0. The average Bonchev–Trinajstić information content (AvgIpc) is 2.68. The zero-order chi connectivity index (χ0) is 21.0. The highest BCUT2D eigenvalue weighted by Gasteiger charge is 2.46. The molecule has 2 rings (SSSR count). The van der Waals surface area contributed by atoms with E-state index in [2.05, 4.69) is 4.74 Å². The van der Waals surface area contributed by atoms with Crippen LogP contribution in [-0.4, -0.2) is 88.2 Å². The molecule has 1 saturated heterocycles. The van der Waals surface area contributed by atoms with Gasteiger partial charge in [-0.05, 0) is 6.92 Å². The van der Waals surface area contributed by atoms with Gasteiger partial charge in [0, 0.05) is 11.5 Å². The van der Waals surface area contributed by atoms with E-state index in [1.165, 1.54) is 13.2 Å². The monoisotopic (exact) mass is 404 g/mol. The fraction of sp³-hybridized carbons (Fsp3) is 0.647. The SMILES string of the molecule is C/C=C1/[C@H](O[C@@H]2O[C@H](CO)[C@@H](O)[C@H](O)[C@H]2O)OC=C(C(=O)O)[C@H]1CC(=O)OC. The summed E-state index contributed by atoms with van der Waals surface area (Å²) in [5.41, 5.74) is 0.0782. The van der Waals surface area contributed by atoms with Crippen LogP contribution in [0, 0.1) is 5.92 Å². The maximum absolute atomic E-state index is 11.7. The van der Waals surface area contributed by atoms with Crippen molar-refractivity contribution in [2.45, 2.75) is 50.3 Å². The largest absolute Gasteiger partial charge is 0.478 e. The second-order valence-electron chi connectivity index (χ2n) is 6.30. The van der Waals surface area contributed by atoms with Crippen molar-refractivity contribution < 1.29 is 54.1 Å². The smallest absolute Gasteiger partial charge is 0.335 e. The van der Waals surface area contributed by atoms with Gasteiger partial charge in [-0.3, -0.25) is 4.79 Å². The normalized spacial score (nSPS) is 37.1. The van der Waals surface area contributed by atoms with Gasteiger partial charge in [0.05, 0.1) is 32.0 Å². The molecule has 2 aliphatic heterocycles. The van der Waals surface area contributed by atoms with E-state index in [1.54, 1.807) is 6.92 Å². The van der Waals surface area contributed by atoms with Crippen molar-refractivity contribution in [3.05, 3.63) is 23.5 Å². The van der Waals surface area contributed by atoms with Crippen molar-refractivity contribution in [2.24, 2.45) is 5.92 Å². The highest BCUT2D eigenvalue weighted by molar-refractivity contribution is 5.89. The molecule has 0 unspecified atom stereocenters. The lowest BCUT2D eigenvalue weighted by atomic mass is 9.86. The third kappa shape index (κ3) is 4.51. The molecule has 0 saturated carbocycles. The molecular formula is C17H24O11. The Balaban J connectivity index is 2.25. The number of aliphatic carboxylic acids is 1. The number of aliphatic hydroxyl groups excluding tert-OH is 4. The van der Waals surface area contributed by atoms with Crippen LogP contribution in [0.25, 0.3) is 0 Å². The van der Waals surface area contributed by atoms with Crippen LogP contribution in [0.15, 0.2) is 23.5 Å². The number of carbonyl (C=O) groups excluding carboxylic acids is 1. The molecule has 0 aromatic heterocycles. The number of esters is 1. The van der Waals surface area contributed by atoms with Gasteiger partial charge in [0.2, 0.25) is 6.29 Å². The summed E-state index contributed by atoms with van der Waals surface area (Å²) in [7, 11) is 1.17. The van der Waals surface area contributed by atoms with E-state index in [4.69, 9.17) is 14.2 Å². The minimum atomic E-state index is -1.66. The maximum atomic E-state index is 11.7. The molecule has 28 heavy (non-hydrogen) atoms. The summed E-state index contributed by atoms with van der Waals surface area (Å²) in [4.78, 5) is 23.2. The summed E-state index contributed by atoms with van der Waals surface area (Å²) >= 11 is 0. The molecule has 0 spiro atoms. The molecular weight excluding hydrogens is 380 g/mol. The van der Waals surface area contributed by atoms with E-state index in [0.717, 1.165) is 6.26 Å². The molecule has 0 aromatic carbocycles. The molecule has 11 heteroatoms. The predicted molar refractivity (Wildman–Crippen MR) is 89.3 cm³/mol. The van der Waals surface area contributed by atoms with Gasteiger partial charge in [0.25, 0.3) is 0 Å². The Morgan fingerprint density at radius 2 is 1.89 bits per heavy atom. The van der Waals surface area contributed by atoms with Crippen LogP contribution < -0.4 is 0 Å². The van der Waals surface area contributed by atoms with Gasteiger partial charge >= 0.3 is 11.9 Å². The van der Waals surface area contributed by atoms with Gasteiger partial charge in [0.15, 0.2) is 6.29 Å². The van der Waals surface area contributed by atoms with E-state index < -0.39 is 61.5 Å². The summed E-state index contributed by atoms with van der Waals surface area (Å²) in [5, 5.41) is 48.4. The second-order valence-corrected chi connectivity index (χ2v) is 6.30. The maximum Gasteiger partial charge on any atom is 0.335 e. The molecule has 11 nitrogen and oxygen atoms in total. The summed E-state index contributed by atoms with van der Waals surface area (Å²) in [6.07, 6.45) is -6.65. The number of hydrogen-bond donors (Lipinski definition) is 5. The molecule has 2 heterocycles. The first-order chi connectivity index (χ1) is 13.2. The number of allylic oxidation sites excluding steroid dienone is 1. The first-order valence-corrected chi connectivity index (χ1v) is 8.52. The van der Waals surface area contributed by atoms with Crippen molar-refractivity contribution in [3.63, 3.8) is 0 Å². The molecule has 0 aromatic rings. The minimum absolute atomic E-state index is 0.188. The van der Waals surface area contributed by atoms with Gasteiger partial charge in [-0.2, -0.15) is 0 Å². The van der Waals surface area contributed by atoms with Crippen LogP contribution in [0.4, 0.5) is 0 Å². The summed E-state index contributed by atoms with van der Waals surface area (Å²) in [6.45, 7) is 0.943. The lowest BCUT2D eigenvalue weighted by Crippen LogP contribution is -2.60. The average molecular weight is 404 g/mol. The number of carboxylic acids is 1. The van der Waals surface area contributed by atoms with Gasteiger partial charge in [0.1, 0.15) is 24.4 Å². The number of hydrogen-bond acceptors (Lipinski definition) is 10. The van der Waals surface area contributed by atoms with Crippen molar-refractivity contribution in [1.82, 2.24) is 0 Å². The zero-order valence-corrected chi connectivity index (χ0v) is 15.3. The molecule has 0 amide bonds. The molecule has 0 radical (unpaired) electrons. The second kappa shape index (κ2) is 9.45. The Morgan fingerprint density at radius 1 is 1.21 bits per heavy atom. The number of aliphatic hydroxyl groups is 4. The van der Waals surface area contributed by atoms with Crippen molar-refractivity contribution in [2.75, 3.05) is 13.7 Å². The Kier molecular flexibility index (Phi) is 7.52. The molecule has 0 bridgehead atoms. The summed E-state index contributed by atoms with van der Waals surface area (Å²) in [5.74, 6) is -2.86. The molecule has 7 atom stereocenters. The molecule has 0 aliphatic carbocycles. The predicted octanol–water partition coefficient (Wildman–Crippen LogP) is -1.75. The number of rotatable bonds is 6. The van der Waals surface area contributed by atoms with Crippen LogP contribution in [0.5, 0.6) is 0 Å². The number of carboxylic acid groups (broad SMARTS) is 1. The molecule has 158 valence electrons. The zero-order valence-electron chi connectivity index (χ0n) is 15.3. The molecule has 2 aliphatic rings. The third-order valence-electron chi connectivity index (χ3n) is 4.65. The Bertz CT molecular complexity index is 641. The topological polar surface area (TPSA) is 172 Å². The fourth-order valence-electron chi connectivity index (χ4n) is 3.07. The Hall–Kier alpha value is -2.02. The molecule has 5 N–H and O–H groups in total. The third-order valence-corrected chi connectivity index (χ3v) is 4.65. The Morgan fingerprint density at radius 3 is 2.43 bits per heavy atom. The minimum Gasteiger partial charge on any atom is -0.478 e. The fourth-order valence-corrected chi connectivity index (χ4v) is 3.07. The lowest BCUT2D eigenvalue weighted by Gasteiger charge is -2.41. The van der Waals surface area contributed by atoms with Crippen LogP contribution in [0.3, 0.4) is 0 Å². The highest BCUT2D eigenvalue weighted by Crippen LogP contribution is 2.35. The van der Waals surface area contributed by atoms with E-state index in [-0.39, 0.29) is 17.6 Å². The quantitative estimate of drug-likeness (QED) is 0.251. The highest BCUT2D eigenvalue weighted by atomic mass is 16.8. The van der Waals surface area contributed by atoms with Crippen LogP contribution >= 0.6 is 0 Å². The van der Waals surface area contributed by atoms with Crippen LogP contribution in [0.1, 0.15) is 13.3 Å². The van der Waals surface area contributed by atoms with Crippen LogP contribution in [0.2, 0.25) is 0 Å². The van der Waals surface area contributed by atoms with E-state index in [0.29, 0.717) is 0 Å². The van der Waals surface area contributed by atoms with Crippen molar-refractivity contribution >= 4 is 11.9 Å². The van der Waals surface area contributed by atoms with Gasteiger partial charge in [-0.25, -0.2) is 4.79 Å². The van der Waals surface area contributed by atoms with E-state index >= 15 is 0 Å². The number of ether oxygens (including phenoxy) is 4. The first kappa shape index (κ1) is 22.3. The van der Waals surface area contributed by atoms with E-state index in [1.807, 2.05) is 0 Å². The van der Waals surface area contributed by atoms with Gasteiger partial charge in [-0.15, -0.1) is 0 Å². The van der Waals surface area contributed by atoms with Gasteiger partial charge < -0.3 is 44.5 Å². The lowest BCUT2D eigenvalue weighted by molar-refractivity contribution is -0.327. The summed E-state index contributed by atoms with van der Waals surface area (Å²) < 4.78 is 20.7. The molecule has 1 fully saturated rings. The standard InChI is InChI=1S/C17H24O11/c1-3-7-8(4-11(19)25-2)9(15(23)24)6-26-16(7)28-17-14(22)13(21)12(20)10(5-18)27-17/h3,6,8,10,12-14,16-18,20-22H,4-5H2,1-2H3,(H,23,24)/b7-3+/t8-,10+,12+,13-,14+,16-,17-/m0/s1. The van der Waals surface area contributed by atoms with Crippen molar-refractivity contribution in [1.29, 1.82) is 0 Å². The Labute approximate surface area is 160 Å². The van der Waals surface area contributed by atoms with E-state index in [9.17, 15) is 35.1 Å². The van der Waals surface area contributed by atoms with Crippen LogP contribution in [-0.2, 0) is 28.5 Å². The van der Waals surface area contributed by atoms with Gasteiger partial charge in [-0.1, -0.05) is 6.08 Å².